The number of para-hydroxylation sites is 2. The predicted octanol–water partition coefficient (Wildman–Crippen LogP) is 3.52. The molecule has 5 rings (SSSR count). The summed E-state index contributed by atoms with van der Waals surface area (Å²) in [5.74, 6) is 0.772. The molecule has 3 aromatic heterocycles. The van der Waals surface area contributed by atoms with Gasteiger partial charge in [0.1, 0.15) is 17.0 Å². The molecule has 9 nitrogen and oxygen atoms in total. The molecule has 3 heterocycles. The number of furan rings is 1. The van der Waals surface area contributed by atoms with Crippen LogP contribution in [-0.4, -0.2) is 31.2 Å². The van der Waals surface area contributed by atoms with Gasteiger partial charge in [-0.1, -0.05) is 36.4 Å². The normalized spacial score (nSPS) is 11.4. The molecule has 0 aliphatic carbocycles. The number of H-pyrrole nitrogens is 1. The van der Waals surface area contributed by atoms with Crippen LogP contribution in [0.25, 0.3) is 28.1 Å². The Labute approximate surface area is 176 Å². The molecule has 31 heavy (non-hydrogen) atoms. The second-order valence-electron chi connectivity index (χ2n) is 6.82. The van der Waals surface area contributed by atoms with Crippen molar-refractivity contribution in [3.8, 4) is 17.1 Å². The zero-order chi connectivity index (χ0) is 21.2. The number of hydrogen-bond donors (Lipinski definition) is 2. The molecule has 0 aliphatic rings. The Hall–Kier alpha value is -4.53. The van der Waals surface area contributed by atoms with Gasteiger partial charge in [-0.25, -0.2) is 10.1 Å². The van der Waals surface area contributed by atoms with Crippen molar-refractivity contribution >= 4 is 23.1 Å². The molecule has 0 aliphatic heterocycles. The number of benzene rings is 2. The van der Waals surface area contributed by atoms with Crippen LogP contribution < -0.4 is 11.0 Å². The van der Waals surface area contributed by atoms with Crippen molar-refractivity contribution in [2.75, 3.05) is 5.43 Å². The third kappa shape index (κ3) is 3.71. The summed E-state index contributed by atoms with van der Waals surface area (Å²) in [5.41, 5.74) is 5.68. The molecule has 9 heteroatoms. The molecule has 0 bridgehead atoms. The quantitative estimate of drug-likeness (QED) is 0.338. The van der Waals surface area contributed by atoms with Gasteiger partial charge in [-0.3, -0.25) is 9.78 Å². The molecular formula is C22H17N7O2. The highest BCUT2D eigenvalue weighted by Gasteiger charge is 2.15. The first-order valence-corrected chi connectivity index (χ1v) is 9.54. The molecule has 2 N–H and O–H groups in total. The SMILES string of the molecule is Cc1nnc(N/N=C\c2cn(-c3ccccc3)nc2-c2cc3ccccc3o2)[nH]c1=O. The minimum atomic E-state index is -0.326. The minimum absolute atomic E-state index is 0.146. The van der Waals surface area contributed by atoms with E-state index in [0.29, 0.717) is 11.5 Å². The second-order valence-corrected chi connectivity index (χ2v) is 6.82. The summed E-state index contributed by atoms with van der Waals surface area (Å²) in [7, 11) is 0. The summed E-state index contributed by atoms with van der Waals surface area (Å²) < 4.78 is 7.77. The van der Waals surface area contributed by atoms with E-state index in [9.17, 15) is 4.79 Å². The first-order valence-electron chi connectivity index (χ1n) is 9.54. The Kier molecular flexibility index (Phi) is 4.60. The van der Waals surface area contributed by atoms with Gasteiger partial charge < -0.3 is 4.42 Å². The van der Waals surface area contributed by atoms with Crippen LogP contribution in [0.2, 0.25) is 0 Å². The zero-order valence-corrected chi connectivity index (χ0v) is 16.5. The van der Waals surface area contributed by atoms with E-state index in [0.717, 1.165) is 22.2 Å². The van der Waals surface area contributed by atoms with Crippen LogP contribution in [0.1, 0.15) is 11.3 Å². The first kappa shape index (κ1) is 18.5. The summed E-state index contributed by atoms with van der Waals surface area (Å²) in [6.45, 7) is 1.58. The topological polar surface area (TPSA) is 114 Å². The second kappa shape index (κ2) is 7.71. The Bertz CT molecular complexity index is 1410. The highest BCUT2D eigenvalue weighted by Crippen LogP contribution is 2.29. The summed E-state index contributed by atoms with van der Waals surface area (Å²) in [6.07, 6.45) is 3.45. The Morgan fingerprint density at radius 2 is 1.90 bits per heavy atom. The number of anilines is 1. The maximum atomic E-state index is 11.7. The molecule has 0 fully saturated rings. The van der Waals surface area contributed by atoms with Crippen LogP contribution in [-0.2, 0) is 0 Å². The van der Waals surface area contributed by atoms with Crippen LogP contribution >= 0.6 is 0 Å². The van der Waals surface area contributed by atoms with Gasteiger partial charge >= 0.3 is 0 Å². The summed E-state index contributed by atoms with van der Waals surface area (Å²) in [4.78, 5) is 14.2. The van der Waals surface area contributed by atoms with Crippen LogP contribution in [0, 0.1) is 6.92 Å². The lowest BCUT2D eigenvalue weighted by Gasteiger charge is -1.98. The number of aromatic nitrogens is 5. The number of aromatic amines is 1. The van der Waals surface area contributed by atoms with Crippen molar-refractivity contribution in [2.24, 2.45) is 5.10 Å². The van der Waals surface area contributed by atoms with Gasteiger partial charge in [0, 0.05) is 17.1 Å². The fourth-order valence-corrected chi connectivity index (χ4v) is 3.09. The molecule has 0 saturated carbocycles. The number of fused-ring (bicyclic) bond motifs is 1. The summed E-state index contributed by atoms with van der Waals surface area (Å²) in [5, 5.41) is 17.5. The molecule has 0 radical (unpaired) electrons. The van der Waals surface area contributed by atoms with Crippen LogP contribution in [0.4, 0.5) is 5.95 Å². The highest BCUT2D eigenvalue weighted by molar-refractivity contribution is 5.90. The smallest absolute Gasteiger partial charge is 0.274 e. The van der Waals surface area contributed by atoms with Crippen LogP contribution in [0.5, 0.6) is 0 Å². The Balaban J connectivity index is 1.53. The number of hydrogen-bond acceptors (Lipinski definition) is 7. The number of rotatable bonds is 5. The standard InChI is InChI=1S/C22H17N7O2/c1-14-21(30)24-22(27-25-14)26-23-12-16-13-29(17-8-3-2-4-9-17)28-20(16)19-11-15-7-5-6-10-18(15)31-19/h2-13H,1H3,(H2,24,26,27,30)/b23-12-. The molecule has 0 amide bonds. The summed E-state index contributed by atoms with van der Waals surface area (Å²) in [6, 6.07) is 19.5. The fraction of sp³-hybridized carbons (Fsp3) is 0.0455. The highest BCUT2D eigenvalue weighted by atomic mass is 16.3. The van der Waals surface area contributed by atoms with Crippen molar-refractivity contribution in [1.29, 1.82) is 0 Å². The largest absolute Gasteiger partial charge is 0.454 e. The van der Waals surface area contributed by atoms with E-state index in [1.165, 1.54) is 0 Å². The lowest BCUT2D eigenvalue weighted by atomic mass is 10.2. The average Bonchev–Trinajstić information content (AvgIpc) is 3.41. The Morgan fingerprint density at radius 1 is 1.10 bits per heavy atom. The molecule has 0 atom stereocenters. The third-order valence-corrected chi connectivity index (χ3v) is 4.66. The molecule has 0 saturated heterocycles. The van der Waals surface area contributed by atoms with Crippen molar-refractivity contribution in [3.05, 3.63) is 88.5 Å². The summed E-state index contributed by atoms with van der Waals surface area (Å²) >= 11 is 0. The van der Waals surface area contributed by atoms with Gasteiger partial charge in [-0.05, 0) is 31.2 Å². The minimum Gasteiger partial charge on any atom is -0.454 e. The van der Waals surface area contributed by atoms with E-state index in [2.05, 4.69) is 25.7 Å². The fourth-order valence-electron chi connectivity index (χ4n) is 3.09. The van der Waals surface area contributed by atoms with E-state index in [-0.39, 0.29) is 17.2 Å². The predicted molar refractivity (Wildman–Crippen MR) is 117 cm³/mol. The van der Waals surface area contributed by atoms with E-state index in [1.54, 1.807) is 17.8 Å². The first-order chi connectivity index (χ1) is 15.2. The van der Waals surface area contributed by atoms with Crippen molar-refractivity contribution in [3.63, 3.8) is 0 Å². The van der Waals surface area contributed by atoms with Gasteiger partial charge in [0.15, 0.2) is 5.76 Å². The maximum absolute atomic E-state index is 11.7. The van der Waals surface area contributed by atoms with Gasteiger partial charge in [0.05, 0.1) is 11.9 Å². The molecule has 5 aromatic rings. The monoisotopic (exact) mass is 411 g/mol. The lowest BCUT2D eigenvalue weighted by Crippen LogP contribution is -2.15. The van der Waals surface area contributed by atoms with Gasteiger partial charge in [-0.15, -0.1) is 10.2 Å². The Morgan fingerprint density at radius 3 is 2.71 bits per heavy atom. The average molecular weight is 411 g/mol. The van der Waals surface area contributed by atoms with Crippen molar-refractivity contribution < 1.29 is 4.42 Å². The number of nitrogens with zero attached hydrogens (tertiary/aromatic N) is 5. The molecular weight excluding hydrogens is 394 g/mol. The third-order valence-electron chi connectivity index (χ3n) is 4.66. The van der Waals surface area contributed by atoms with Crippen LogP contribution in [0.15, 0.2) is 81.2 Å². The molecule has 0 spiro atoms. The van der Waals surface area contributed by atoms with Crippen LogP contribution in [0.3, 0.4) is 0 Å². The lowest BCUT2D eigenvalue weighted by molar-refractivity contribution is 0.627. The molecule has 2 aromatic carbocycles. The van der Waals surface area contributed by atoms with E-state index >= 15 is 0 Å². The van der Waals surface area contributed by atoms with E-state index < -0.39 is 0 Å². The molecule has 0 unspecified atom stereocenters. The van der Waals surface area contributed by atoms with Crippen molar-refractivity contribution in [2.45, 2.75) is 6.92 Å². The number of hydrazone groups is 1. The number of aryl methyl sites for hydroxylation is 1. The maximum Gasteiger partial charge on any atom is 0.274 e. The molecule has 152 valence electrons. The zero-order valence-electron chi connectivity index (χ0n) is 16.5. The van der Waals surface area contributed by atoms with Gasteiger partial charge in [0.2, 0.25) is 5.95 Å². The van der Waals surface area contributed by atoms with Gasteiger partial charge in [0.25, 0.3) is 5.56 Å². The number of nitrogens with one attached hydrogen (secondary N) is 2. The van der Waals surface area contributed by atoms with Crippen molar-refractivity contribution in [1.82, 2.24) is 25.0 Å². The van der Waals surface area contributed by atoms with Gasteiger partial charge in [-0.2, -0.15) is 10.2 Å². The van der Waals surface area contributed by atoms with E-state index in [1.807, 2.05) is 66.9 Å². The van der Waals surface area contributed by atoms with E-state index in [4.69, 9.17) is 9.52 Å².